The van der Waals surface area contributed by atoms with Crippen molar-refractivity contribution in [1.29, 1.82) is 0 Å². The maximum absolute atomic E-state index is 12.6. The third-order valence-corrected chi connectivity index (χ3v) is 3.67. The number of aliphatic imine (C=N–C) groups is 1. The molecule has 1 aliphatic heterocycles. The van der Waals surface area contributed by atoms with Gasteiger partial charge in [-0.3, -0.25) is 4.79 Å². The van der Waals surface area contributed by atoms with Crippen molar-refractivity contribution in [3.05, 3.63) is 64.4 Å². The highest BCUT2D eigenvalue weighted by Crippen LogP contribution is 2.38. The van der Waals surface area contributed by atoms with Gasteiger partial charge in [-0.2, -0.15) is 0 Å². The Morgan fingerprint density at radius 3 is 3.00 bits per heavy atom. The lowest BCUT2D eigenvalue weighted by atomic mass is 9.86. The van der Waals surface area contributed by atoms with E-state index in [9.17, 15) is 4.79 Å². The van der Waals surface area contributed by atoms with E-state index in [1.165, 1.54) is 0 Å². The molecule has 86 valence electrons. The van der Waals surface area contributed by atoms with Crippen molar-refractivity contribution in [2.45, 2.75) is 12.8 Å². The molecule has 0 spiro atoms. The van der Waals surface area contributed by atoms with Crippen LogP contribution in [0.5, 0.6) is 0 Å². The molecule has 18 heavy (non-hydrogen) atoms. The number of hydrogen-bond acceptors (Lipinski definition) is 2. The number of carbonyl (C=O) groups excluding carboxylic acids is 1. The van der Waals surface area contributed by atoms with E-state index in [0.717, 1.165) is 46.5 Å². The second-order valence-corrected chi connectivity index (χ2v) is 4.74. The van der Waals surface area contributed by atoms with Gasteiger partial charge in [0.2, 0.25) is 0 Å². The van der Waals surface area contributed by atoms with Gasteiger partial charge in [0.25, 0.3) is 0 Å². The Bertz CT molecular complexity index is 702. The molecule has 1 heterocycles. The summed E-state index contributed by atoms with van der Waals surface area (Å²) >= 11 is 0. The quantitative estimate of drug-likeness (QED) is 0.675. The van der Waals surface area contributed by atoms with Crippen LogP contribution in [0.3, 0.4) is 0 Å². The maximum atomic E-state index is 12.6. The van der Waals surface area contributed by atoms with Crippen molar-refractivity contribution in [2.24, 2.45) is 4.99 Å². The lowest BCUT2D eigenvalue weighted by molar-refractivity contribution is 0.103. The van der Waals surface area contributed by atoms with Crippen LogP contribution in [0.2, 0.25) is 0 Å². The van der Waals surface area contributed by atoms with E-state index in [-0.39, 0.29) is 5.78 Å². The number of hydrogen-bond donors (Lipinski definition) is 0. The van der Waals surface area contributed by atoms with Crippen LogP contribution in [0.15, 0.2) is 58.3 Å². The summed E-state index contributed by atoms with van der Waals surface area (Å²) < 4.78 is 0. The minimum atomic E-state index is 0.132. The zero-order valence-electron chi connectivity index (χ0n) is 9.81. The molecule has 0 unspecified atom stereocenters. The topological polar surface area (TPSA) is 29.4 Å². The van der Waals surface area contributed by atoms with Crippen LogP contribution in [0.4, 0.5) is 0 Å². The summed E-state index contributed by atoms with van der Waals surface area (Å²) in [6.07, 6.45) is 8.11. The first-order valence-corrected chi connectivity index (χ1v) is 6.19. The third-order valence-electron chi connectivity index (χ3n) is 3.67. The minimum Gasteiger partial charge on any atom is -0.288 e. The molecule has 0 bridgehead atoms. The van der Waals surface area contributed by atoms with Crippen LogP contribution < -0.4 is 0 Å². The summed E-state index contributed by atoms with van der Waals surface area (Å²) in [7, 11) is 0. The fourth-order valence-corrected chi connectivity index (χ4v) is 2.82. The summed E-state index contributed by atoms with van der Waals surface area (Å²) in [5, 5.41) is 0. The zero-order chi connectivity index (χ0) is 12.1. The second kappa shape index (κ2) is 3.39. The third kappa shape index (κ3) is 1.17. The Balaban J connectivity index is 2.00. The van der Waals surface area contributed by atoms with Gasteiger partial charge in [-0.15, -0.1) is 0 Å². The molecule has 2 nitrogen and oxygen atoms in total. The van der Waals surface area contributed by atoms with Crippen LogP contribution in [0.1, 0.15) is 28.8 Å². The number of carbonyl (C=O) groups is 1. The normalized spacial score (nSPS) is 20.1. The van der Waals surface area contributed by atoms with Crippen LogP contribution >= 0.6 is 0 Å². The molecule has 0 saturated heterocycles. The Labute approximate surface area is 105 Å². The molecular weight excluding hydrogens is 222 g/mol. The number of allylic oxidation sites excluding steroid dienone is 4. The maximum Gasteiger partial charge on any atom is 0.196 e. The van der Waals surface area contributed by atoms with Crippen LogP contribution in [0, 0.1) is 0 Å². The average Bonchev–Trinajstić information content (AvgIpc) is 2.77. The molecule has 1 aromatic rings. The smallest absolute Gasteiger partial charge is 0.196 e. The van der Waals surface area contributed by atoms with Gasteiger partial charge in [0.1, 0.15) is 0 Å². The molecule has 2 heteroatoms. The number of ketones is 1. The summed E-state index contributed by atoms with van der Waals surface area (Å²) in [4.78, 5) is 17.1. The lowest BCUT2D eigenvalue weighted by Gasteiger charge is -2.15. The second-order valence-electron chi connectivity index (χ2n) is 4.74. The summed E-state index contributed by atoms with van der Waals surface area (Å²) in [6.45, 7) is 0. The first-order chi connectivity index (χ1) is 8.84. The molecule has 0 N–H and O–H groups in total. The van der Waals surface area contributed by atoms with Gasteiger partial charge in [0, 0.05) is 5.56 Å². The van der Waals surface area contributed by atoms with Crippen molar-refractivity contribution in [2.75, 3.05) is 0 Å². The van der Waals surface area contributed by atoms with Crippen LogP contribution in [0.25, 0.3) is 6.08 Å². The predicted molar refractivity (Wildman–Crippen MR) is 71.6 cm³/mol. The van der Waals surface area contributed by atoms with E-state index in [2.05, 4.69) is 11.1 Å². The van der Waals surface area contributed by atoms with Gasteiger partial charge in [-0.05, 0) is 36.1 Å². The van der Waals surface area contributed by atoms with Gasteiger partial charge in [0.15, 0.2) is 5.78 Å². The summed E-state index contributed by atoms with van der Waals surface area (Å²) in [5.74, 6) is 0.132. The number of benzene rings is 1. The Morgan fingerprint density at radius 2 is 2.06 bits per heavy atom. The van der Waals surface area contributed by atoms with E-state index in [0.29, 0.717) is 0 Å². The van der Waals surface area contributed by atoms with E-state index in [1.807, 2.05) is 36.4 Å². The molecule has 0 saturated carbocycles. The molecule has 2 aliphatic carbocycles. The SMILES string of the molecule is O=C1C2=C3CCC=CC3=NC2=Cc2ccccc21. The van der Waals surface area contributed by atoms with Crippen molar-refractivity contribution in [1.82, 2.24) is 0 Å². The van der Waals surface area contributed by atoms with E-state index in [1.54, 1.807) is 0 Å². The fourth-order valence-electron chi connectivity index (χ4n) is 2.82. The Morgan fingerprint density at radius 1 is 1.17 bits per heavy atom. The number of Topliss-reactive ketones (excluding diaryl/α,β-unsaturated/α-hetero) is 1. The van der Waals surface area contributed by atoms with E-state index >= 15 is 0 Å². The van der Waals surface area contributed by atoms with Gasteiger partial charge in [-0.25, -0.2) is 4.99 Å². The molecule has 1 aromatic carbocycles. The molecule has 3 aliphatic rings. The van der Waals surface area contributed by atoms with Gasteiger partial charge >= 0.3 is 0 Å². The monoisotopic (exact) mass is 233 g/mol. The highest BCUT2D eigenvalue weighted by Gasteiger charge is 2.32. The zero-order valence-corrected chi connectivity index (χ0v) is 9.81. The molecule has 0 fully saturated rings. The summed E-state index contributed by atoms with van der Waals surface area (Å²) in [6, 6.07) is 7.74. The van der Waals surface area contributed by atoms with Gasteiger partial charge < -0.3 is 0 Å². The van der Waals surface area contributed by atoms with E-state index < -0.39 is 0 Å². The van der Waals surface area contributed by atoms with Crippen LogP contribution in [-0.4, -0.2) is 11.5 Å². The van der Waals surface area contributed by atoms with Crippen LogP contribution in [-0.2, 0) is 0 Å². The minimum absolute atomic E-state index is 0.132. The van der Waals surface area contributed by atoms with Crippen molar-refractivity contribution < 1.29 is 4.79 Å². The molecule has 0 aromatic heterocycles. The van der Waals surface area contributed by atoms with Crippen molar-refractivity contribution in [3.8, 4) is 0 Å². The lowest BCUT2D eigenvalue weighted by Crippen LogP contribution is -2.13. The average molecular weight is 233 g/mol. The largest absolute Gasteiger partial charge is 0.288 e. The van der Waals surface area contributed by atoms with E-state index in [4.69, 9.17) is 0 Å². The summed E-state index contributed by atoms with van der Waals surface area (Å²) in [5.41, 5.74) is 5.55. The van der Waals surface area contributed by atoms with Gasteiger partial charge in [-0.1, -0.05) is 30.3 Å². The predicted octanol–water partition coefficient (Wildman–Crippen LogP) is 3.33. The van der Waals surface area contributed by atoms with Gasteiger partial charge in [0.05, 0.1) is 17.0 Å². The molecule has 0 radical (unpaired) electrons. The first kappa shape index (κ1) is 9.77. The number of fused-ring (bicyclic) bond motifs is 3. The fraction of sp³-hybridized carbons (Fsp3) is 0.125. The highest BCUT2D eigenvalue weighted by molar-refractivity contribution is 6.26. The molecule has 0 amide bonds. The standard InChI is InChI=1S/C16H11NO/c18-16-11-6-2-1-5-10(11)9-14-15(16)12-7-3-4-8-13(12)17-14/h1-2,4-6,8-9H,3,7H2. The molecule has 4 rings (SSSR count). The van der Waals surface area contributed by atoms with Crippen molar-refractivity contribution in [3.63, 3.8) is 0 Å². The Hall–Kier alpha value is -2.22. The number of rotatable bonds is 0. The van der Waals surface area contributed by atoms with Crippen molar-refractivity contribution >= 4 is 17.6 Å². The first-order valence-electron chi connectivity index (χ1n) is 6.19. The number of nitrogens with zero attached hydrogens (tertiary/aromatic N) is 1. The molecule has 0 atom stereocenters. The Kier molecular flexibility index (Phi) is 1.84. The molecular formula is C16H11NO. The highest BCUT2D eigenvalue weighted by atomic mass is 16.1.